The third kappa shape index (κ3) is 9.59. The van der Waals surface area contributed by atoms with Gasteiger partial charge in [-0.15, -0.1) is 17.0 Å². The molecule has 2 rings (SSSR count). The number of amides is 2. The second kappa shape index (κ2) is 13.3. The van der Waals surface area contributed by atoms with E-state index in [1.54, 1.807) is 0 Å². The number of benzene rings is 2. The van der Waals surface area contributed by atoms with Gasteiger partial charge in [-0.2, -0.15) is 0 Å². The van der Waals surface area contributed by atoms with Gasteiger partial charge >= 0.3 is 6.03 Å². The van der Waals surface area contributed by atoms with Crippen LogP contribution in [-0.4, -0.2) is 37.1 Å². The van der Waals surface area contributed by atoms with Crippen LogP contribution in [0.1, 0.15) is 30.9 Å². The molecular weight excluding hydrogens is 402 g/mol. The van der Waals surface area contributed by atoms with Gasteiger partial charge in [-0.1, -0.05) is 61.4 Å². The van der Waals surface area contributed by atoms with Gasteiger partial charge < -0.3 is 15.5 Å². The van der Waals surface area contributed by atoms with Gasteiger partial charge in [0.2, 0.25) is 0 Å². The highest BCUT2D eigenvalue weighted by Gasteiger charge is 2.07. The third-order valence-corrected chi connectivity index (χ3v) is 4.41. The lowest BCUT2D eigenvalue weighted by Gasteiger charge is -2.22. The first-order valence-electron chi connectivity index (χ1n) is 9.55. The van der Waals surface area contributed by atoms with Crippen LogP contribution in [0.4, 0.5) is 10.5 Å². The van der Waals surface area contributed by atoms with Crippen LogP contribution in [0.5, 0.6) is 0 Å². The number of rotatable bonds is 10. The second-order valence-electron chi connectivity index (χ2n) is 6.68. The standard InChI is InChI=1S/C22H31N3O.BrH/c1-3-4-16-25(17-14-20-12-10-19(2)11-13-20)18-15-23-22(26)24-21-8-6-5-7-9-21;/h5-13H,3-4,14-18H2,1-2H3,(H2,23,24,26);1H. The predicted octanol–water partition coefficient (Wildman–Crippen LogP) is 5.04. The molecule has 0 radical (unpaired) electrons. The summed E-state index contributed by atoms with van der Waals surface area (Å²) < 4.78 is 0. The van der Waals surface area contributed by atoms with E-state index >= 15 is 0 Å². The number of aryl methyl sites for hydroxylation is 1. The number of hydrogen-bond donors (Lipinski definition) is 2. The zero-order valence-electron chi connectivity index (χ0n) is 16.4. The molecule has 0 aliphatic rings. The van der Waals surface area contributed by atoms with E-state index in [1.807, 2.05) is 30.3 Å². The fourth-order valence-corrected chi connectivity index (χ4v) is 2.78. The average molecular weight is 434 g/mol. The van der Waals surface area contributed by atoms with Crippen molar-refractivity contribution in [2.75, 3.05) is 31.5 Å². The Morgan fingerprint density at radius 2 is 1.67 bits per heavy atom. The molecule has 0 aromatic heterocycles. The molecule has 4 nitrogen and oxygen atoms in total. The van der Waals surface area contributed by atoms with Crippen LogP contribution >= 0.6 is 17.0 Å². The highest BCUT2D eigenvalue weighted by atomic mass is 79.9. The summed E-state index contributed by atoms with van der Waals surface area (Å²) >= 11 is 0. The first kappa shape index (κ1) is 23.2. The van der Waals surface area contributed by atoms with E-state index in [1.165, 1.54) is 24.0 Å². The van der Waals surface area contributed by atoms with E-state index in [0.717, 1.165) is 31.7 Å². The monoisotopic (exact) mass is 433 g/mol. The fourth-order valence-electron chi connectivity index (χ4n) is 2.78. The molecule has 5 heteroatoms. The van der Waals surface area contributed by atoms with Crippen LogP contribution in [0.15, 0.2) is 54.6 Å². The topological polar surface area (TPSA) is 44.4 Å². The summed E-state index contributed by atoms with van der Waals surface area (Å²) in [5.41, 5.74) is 3.48. The molecule has 2 aromatic carbocycles. The largest absolute Gasteiger partial charge is 0.337 e. The first-order chi connectivity index (χ1) is 12.7. The van der Waals surface area contributed by atoms with Crippen molar-refractivity contribution in [2.24, 2.45) is 0 Å². The van der Waals surface area contributed by atoms with E-state index < -0.39 is 0 Å². The number of carbonyl (C=O) groups is 1. The fraction of sp³-hybridized carbons (Fsp3) is 0.409. The number of unbranched alkanes of at least 4 members (excludes halogenated alkanes) is 1. The molecule has 0 aliphatic carbocycles. The zero-order chi connectivity index (χ0) is 18.6. The Bertz CT molecular complexity index is 646. The molecule has 27 heavy (non-hydrogen) atoms. The molecule has 2 amide bonds. The molecule has 0 saturated carbocycles. The van der Waals surface area contributed by atoms with Crippen LogP contribution in [0.25, 0.3) is 0 Å². The number of urea groups is 1. The summed E-state index contributed by atoms with van der Waals surface area (Å²) in [6.45, 7) is 7.94. The summed E-state index contributed by atoms with van der Waals surface area (Å²) in [6, 6.07) is 18.1. The van der Waals surface area contributed by atoms with Crippen molar-refractivity contribution in [1.82, 2.24) is 10.2 Å². The Morgan fingerprint density at radius 3 is 2.33 bits per heavy atom. The quantitative estimate of drug-likeness (QED) is 0.550. The van der Waals surface area contributed by atoms with E-state index in [2.05, 4.69) is 53.6 Å². The van der Waals surface area contributed by atoms with Crippen LogP contribution in [-0.2, 0) is 6.42 Å². The lowest BCUT2D eigenvalue weighted by molar-refractivity contribution is 0.244. The number of anilines is 1. The lowest BCUT2D eigenvalue weighted by Crippen LogP contribution is -2.38. The minimum atomic E-state index is -0.148. The van der Waals surface area contributed by atoms with Gasteiger partial charge in [-0.05, 0) is 44.0 Å². The second-order valence-corrected chi connectivity index (χ2v) is 6.68. The van der Waals surface area contributed by atoms with Crippen LogP contribution in [0, 0.1) is 6.92 Å². The van der Waals surface area contributed by atoms with Crippen LogP contribution < -0.4 is 10.6 Å². The SMILES string of the molecule is Br.CCCCN(CCNC(=O)Nc1ccccc1)CCc1ccc(C)cc1. The Labute approximate surface area is 174 Å². The molecule has 148 valence electrons. The van der Waals surface area contributed by atoms with Crippen molar-refractivity contribution in [3.63, 3.8) is 0 Å². The Hall–Kier alpha value is -1.85. The van der Waals surface area contributed by atoms with Crippen LogP contribution in [0.3, 0.4) is 0 Å². The third-order valence-electron chi connectivity index (χ3n) is 4.41. The molecule has 0 heterocycles. The van der Waals surface area contributed by atoms with Crippen molar-refractivity contribution in [1.29, 1.82) is 0 Å². The molecule has 0 saturated heterocycles. The number of hydrogen-bond acceptors (Lipinski definition) is 2. The number of nitrogens with zero attached hydrogens (tertiary/aromatic N) is 1. The van der Waals surface area contributed by atoms with Crippen molar-refractivity contribution >= 4 is 28.7 Å². The highest BCUT2D eigenvalue weighted by Crippen LogP contribution is 2.06. The zero-order valence-corrected chi connectivity index (χ0v) is 18.1. The van der Waals surface area contributed by atoms with Gasteiger partial charge in [0.15, 0.2) is 0 Å². The van der Waals surface area contributed by atoms with Gasteiger partial charge in [-0.25, -0.2) is 4.79 Å². The van der Waals surface area contributed by atoms with Gasteiger partial charge in [0, 0.05) is 25.3 Å². The molecule has 0 aliphatic heterocycles. The number of halogens is 1. The van der Waals surface area contributed by atoms with Gasteiger partial charge in [-0.3, -0.25) is 0 Å². The van der Waals surface area contributed by atoms with E-state index in [-0.39, 0.29) is 23.0 Å². The summed E-state index contributed by atoms with van der Waals surface area (Å²) in [4.78, 5) is 14.4. The van der Waals surface area contributed by atoms with Gasteiger partial charge in [0.25, 0.3) is 0 Å². The Morgan fingerprint density at radius 1 is 0.963 bits per heavy atom. The molecular formula is C22H32BrN3O. The van der Waals surface area contributed by atoms with E-state index in [0.29, 0.717) is 6.54 Å². The van der Waals surface area contributed by atoms with E-state index in [9.17, 15) is 4.79 Å². The number of para-hydroxylation sites is 1. The van der Waals surface area contributed by atoms with Crippen molar-refractivity contribution in [3.8, 4) is 0 Å². The maximum Gasteiger partial charge on any atom is 0.319 e. The van der Waals surface area contributed by atoms with Crippen molar-refractivity contribution < 1.29 is 4.79 Å². The summed E-state index contributed by atoms with van der Waals surface area (Å²) in [5, 5.41) is 5.81. The number of carbonyl (C=O) groups excluding carboxylic acids is 1. The normalized spacial score (nSPS) is 10.3. The summed E-state index contributed by atoms with van der Waals surface area (Å²) in [7, 11) is 0. The molecule has 0 bridgehead atoms. The first-order valence-corrected chi connectivity index (χ1v) is 9.55. The average Bonchev–Trinajstić information content (AvgIpc) is 2.65. The lowest BCUT2D eigenvalue weighted by atomic mass is 10.1. The minimum Gasteiger partial charge on any atom is -0.337 e. The number of nitrogens with one attached hydrogen (secondary N) is 2. The van der Waals surface area contributed by atoms with Crippen molar-refractivity contribution in [2.45, 2.75) is 33.1 Å². The summed E-state index contributed by atoms with van der Waals surface area (Å²) in [6.07, 6.45) is 3.41. The molecule has 0 unspecified atom stereocenters. The smallest absolute Gasteiger partial charge is 0.319 e. The minimum absolute atomic E-state index is 0. The van der Waals surface area contributed by atoms with Gasteiger partial charge in [0.05, 0.1) is 0 Å². The molecule has 0 atom stereocenters. The maximum absolute atomic E-state index is 12.0. The van der Waals surface area contributed by atoms with Crippen LogP contribution in [0.2, 0.25) is 0 Å². The Balaban J connectivity index is 0.00000364. The predicted molar refractivity (Wildman–Crippen MR) is 120 cm³/mol. The Kier molecular flexibility index (Phi) is 11.5. The molecule has 0 fully saturated rings. The van der Waals surface area contributed by atoms with E-state index in [4.69, 9.17) is 0 Å². The van der Waals surface area contributed by atoms with Gasteiger partial charge in [0.1, 0.15) is 0 Å². The molecule has 0 spiro atoms. The highest BCUT2D eigenvalue weighted by molar-refractivity contribution is 8.93. The molecule has 2 aromatic rings. The van der Waals surface area contributed by atoms with Crippen molar-refractivity contribution in [3.05, 3.63) is 65.7 Å². The summed E-state index contributed by atoms with van der Waals surface area (Å²) in [5.74, 6) is 0. The maximum atomic E-state index is 12.0. The molecule has 2 N–H and O–H groups in total.